The van der Waals surface area contributed by atoms with Gasteiger partial charge in [-0.3, -0.25) is 4.68 Å². The zero-order valence-electron chi connectivity index (χ0n) is 12.0. The fourth-order valence-electron chi connectivity index (χ4n) is 2.76. The Morgan fingerprint density at radius 1 is 1.36 bits per heavy atom. The van der Waals surface area contributed by atoms with E-state index in [1.807, 2.05) is 13.1 Å². The predicted molar refractivity (Wildman–Crippen MR) is 84.4 cm³/mol. The van der Waals surface area contributed by atoms with Gasteiger partial charge in [-0.15, -0.1) is 11.8 Å². The van der Waals surface area contributed by atoms with E-state index >= 15 is 0 Å². The van der Waals surface area contributed by atoms with Crippen molar-refractivity contribution in [2.75, 3.05) is 11.1 Å². The zero-order chi connectivity index (χ0) is 15.1. The molecule has 0 fully saturated rings. The molecule has 1 atom stereocenters. The van der Waals surface area contributed by atoms with Crippen LogP contribution in [0, 0.1) is 5.82 Å². The van der Waals surface area contributed by atoms with E-state index in [4.69, 9.17) is 0 Å². The zero-order valence-corrected chi connectivity index (χ0v) is 12.8. The molecule has 0 saturated heterocycles. The monoisotopic (exact) mass is 315 g/mol. The third-order valence-corrected chi connectivity index (χ3v) is 4.97. The van der Waals surface area contributed by atoms with Crippen LogP contribution >= 0.6 is 11.8 Å². The van der Waals surface area contributed by atoms with E-state index in [2.05, 4.69) is 20.4 Å². The summed E-state index contributed by atoms with van der Waals surface area (Å²) in [4.78, 5) is 9.70. The Balaban J connectivity index is 1.74. The maximum atomic E-state index is 13.6. The molecule has 5 nitrogen and oxygen atoms in total. The largest absolute Gasteiger partial charge is 0.362 e. The highest BCUT2D eigenvalue weighted by atomic mass is 32.2. The number of benzene rings is 1. The summed E-state index contributed by atoms with van der Waals surface area (Å²) in [5.41, 5.74) is 1.77. The van der Waals surface area contributed by atoms with Crippen LogP contribution in [0.1, 0.15) is 18.0 Å². The van der Waals surface area contributed by atoms with Crippen molar-refractivity contribution in [3.8, 4) is 0 Å². The van der Waals surface area contributed by atoms with Gasteiger partial charge in [0.2, 0.25) is 0 Å². The summed E-state index contributed by atoms with van der Waals surface area (Å²) < 4.78 is 15.3. The molecule has 112 valence electrons. The predicted octanol–water partition coefficient (Wildman–Crippen LogP) is 3.15. The van der Waals surface area contributed by atoms with Gasteiger partial charge < -0.3 is 5.32 Å². The van der Waals surface area contributed by atoms with Gasteiger partial charge >= 0.3 is 0 Å². The number of aromatic nitrogens is 4. The van der Waals surface area contributed by atoms with Crippen LogP contribution in [0.25, 0.3) is 11.0 Å². The number of halogens is 1. The average molecular weight is 315 g/mol. The Kier molecular flexibility index (Phi) is 3.22. The number of anilines is 1. The first-order valence-electron chi connectivity index (χ1n) is 7.04. The van der Waals surface area contributed by atoms with Gasteiger partial charge in [-0.1, -0.05) is 0 Å². The Morgan fingerprint density at radius 2 is 2.27 bits per heavy atom. The topological polar surface area (TPSA) is 55.6 Å². The van der Waals surface area contributed by atoms with Crippen molar-refractivity contribution in [3.63, 3.8) is 0 Å². The van der Waals surface area contributed by atoms with Crippen molar-refractivity contribution in [2.45, 2.75) is 17.4 Å². The molecule has 0 amide bonds. The second-order valence-corrected chi connectivity index (χ2v) is 6.38. The molecule has 0 radical (unpaired) electrons. The molecule has 22 heavy (non-hydrogen) atoms. The second kappa shape index (κ2) is 5.24. The third kappa shape index (κ3) is 2.21. The SMILES string of the molecule is Cn1ncc2c(NC3CCSc4ccc(F)cc43)ncnc21. The number of hydrogen-bond acceptors (Lipinski definition) is 5. The highest BCUT2D eigenvalue weighted by Crippen LogP contribution is 2.38. The van der Waals surface area contributed by atoms with Crippen LogP contribution in [-0.4, -0.2) is 25.5 Å². The fraction of sp³-hybridized carbons (Fsp3) is 0.267. The summed E-state index contributed by atoms with van der Waals surface area (Å²) in [6, 6.07) is 5.02. The van der Waals surface area contributed by atoms with E-state index in [9.17, 15) is 4.39 Å². The number of aryl methyl sites for hydroxylation is 1. The lowest BCUT2D eigenvalue weighted by molar-refractivity contribution is 0.616. The van der Waals surface area contributed by atoms with E-state index in [0.717, 1.165) is 39.5 Å². The van der Waals surface area contributed by atoms with Crippen molar-refractivity contribution in [1.29, 1.82) is 0 Å². The lowest BCUT2D eigenvalue weighted by atomic mass is 10.0. The van der Waals surface area contributed by atoms with Crippen molar-refractivity contribution in [3.05, 3.63) is 42.1 Å². The highest BCUT2D eigenvalue weighted by Gasteiger charge is 2.22. The minimum atomic E-state index is -0.206. The molecule has 0 spiro atoms. The molecule has 1 aliphatic rings. The number of thioether (sulfide) groups is 1. The average Bonchev–Trinajstić information content (AvgIpc) is 2.91. The number of fused-ring (bicyclic) bond motifs is 2. The molecule has 0 saturated carbocycles. The van der Waals surface area contributed by atoms with Crippen LogP contribution in [0.5, 0.6) is 0 Å². The van der Waals surface area contributed by atoms with E-state index in [-0.39, 0.29) is 11.9 Å². The Bertz CT molecular complexity index is 847. The summed E-state index contributed by atoms with van der Waals surface area (Å²) in [6.07, 6.45) is 4.20. The standard InChI is InChI=1S/C15H14FN5S/c1-21-15-11(7-19-21)14(17-8-18-15)20-12-4-5-22-13-3-2-9(16)6-10(12)13/h2-3,6-8,12H,4-5H2,1H3,(H,17,18,20). The van der Waals surface area contributed by atoms with Crippen LogP contribution in [0.3, 0.4) is 0 Å². The van der Waals surface area contributed by atoms with E-state index in [1.54, 1.807) is 28.7 Å². The number of hydrogen-bond donors (Lipinski definition) is 1. The van der Waals surface area contributed by atoms with E-state index in [1.165, 1.54) is 12.4 Å². The van der Waals surface area contributed by atoms with Gasteiger partial charge in [-0.05, 0) is 30.2 Å². The smallest absolute Gasteiger partial charge is 0.163 e. The van der Waals surface area contributed by atoms with Crippen LogP contribution < -0.4 is 5.32 Å². The van der Waals surface area contributed by atoms with Crippen LogP contribution in [-0.2, 0) is 7.05 Å². The van der Waals surface area contributed by atoms with Gasteiger partial charge in [0.15, 0.2) is 5.65 Å². The maximum Gasteiger partial charge on any atom is 0.163 e. The Morgan fingerprint density at radius 3 is 3.18 bits per heavy atom. The molecular formula is C15H14FN5S. The van der Waals surface area contributed by atoms with Gasteiger partial charge in [0.05, 0.1) is 17.6 Å². The quantitative estimate of drug-likeness (QED) is 0.787. The lowest BCUT2D eigenvalue weighted by Crippen LogP contribution is -2.17. The first-order chi connectivity index (χ1) is 10.7. The molecule has 3 aromatic rings. The maximum absolute atomic E-state index is 13.6. The van der Waals surface area contributed by atoms with Gasteiger partial charge in [0, 0.05) is 17.7 Å². The van der Waals surface area contributed by atoms with Crippen LogP contribution in [0.2, 0.25) is 0 Å². The van der Waals surface area contributed by atoms with Gasteiger partial charge in [0.1, 0.15) is 18.0 Å². The molecule has 1 aliphatic heterocycles. The minimum absolute atomic E-state index is 0.0465. The molecule has 0 aliphatic carbocycles. The third-order valence-electron chi connectivity index (χ3n) is 3.85. The van der Waals surface area contributed by atoms with E-state index in [0.29, 0.717) is 0 Å². The molecule has 3 heterocycles. The van der Waals surface area contributed by atoms with Crippen molar-refractivity contribution in [1.82, 2.24) is 19.7 Å². The number of nitrogens with zero attached hydrogens (tertiary/aromatic N) is 4. The molecule has 4 rings (SSSR count). The molecule has 2 aromatic heterocycles. The van der Waals surface area contributed by atoms with E-state index < -0.39 is 0 Å². The molecule has 1 unspecified atom stereocenters. The van der Waals surface area contributed by atoms with Crippen LogP contribution in [0.15, 0.2) is 35.6 Å². The summed E-state index contributed by atoms with van der Waals surface area (Å²) in [5.74, 6) is 1.53. The second-order valence-electron chi connectivity index (χ2n) is 5.24. The molecule has 0 bridgehead atoms. The number of nitrogens with one attached hydrogen (secondary N) is 1. The van der Waals surface area contributed by atoms with Gasteiger partial charge in [0.25, 0.3) is 0 Å². The van der Waals surface area contributed by atoms with Crippen molar-refractivity contribution >= 4 is 28.6 Å². The molecular weight excluding hydrogens is 301 g/mol. The minimum Gasteiger partial charge on any atom is -0.362 e. The first kappa shape index (κ1) is 13.5. The summed E-state index contributed by atoms with van der Waals surface area (Å²) in [5, 5.41) is 8.53. The molecule has 1 aromatic carbocycles. The summed E-state index contributed by atoms with van der Waals surface area (Å²) in [6.45, 7) is 0. The lowest BCUT2D eigenvalue weighted by Gasteiger charge is -2.26. The fourth-order valence-corrected chi connectivity index (χ4v) is 3.86. The van der Waals surface area contributed by atoms with Crippen LogP contribution in [0.4, 0.5) is 10.2 Å². The van der Waals surface area contributed by atoms with Crippen molar-refractivity contribution < 1.29 is 4.39 Å². The van der Waals surface area contributed by atoms with Crippen molar-refractivity contribution in [2.24, 2.45) is 7.05 Å². The molecule has 7 heteroatoms. The Labute approximate surface area is 131 Å². The summed E-state index contributed by atoms with van der Waals surface area (Å²) in [7, 11) is 1.85. The highest BCUT2D eigenvalue weighted by molar-refractivity contribution is 7.99. The summed E-state index contributed by atoms with van der Waals surface area (Å²) >= 11 is 1.76. The molecule has 1 N–H and O–H groups in total. The first-order valence-corrected chi connectivity index (χ1v) is 8.02. The van der Waals surface area contributed by atoms with Gasteiger partial charge in [-0.2, -0.15) is 5.10 Å². The van der Waals surface area contributed by atoms with Gasteiger partial charge in [-0.25, -0.2) is 14.4 Å². The Hall–Kier alpha value is -2.15. The normalized spacial score (nSPS) is 17.5. The number of rotatable bonds is 2.